The molecule has 0 bridgehead atoms. The lowest BCUT2D eigenvalue weighted by Gasteiger charge is -2.17. The number of ether oxygens (including phenoxy) is 2. The number of hydrogen-bond acceptors (Lipinski definition) is 2. The predicted molar refractivity (Wildman–Crippen MR) is 50.0 cm³/mol. The van der Waals surface area contributed by atoms with Crippen molar-refractivity contribution < 1.29 is 9.47 Å². The van der Waals surface area contributed by atoms with Crippen molar-refractivity contribution in [2.24, 2.45) is 0 Å². The summed E-state index contributed by atoms with van der Waals surface area (Å²) >= 11 is 0. The van der Waals surface area contributed by atoms with E-state index in [4.69, 9.17) is 9.47 Å². The molecule has 0 aromatic carbocycles. The van der Waals surface area contributed by atoms with Crippen molar-refractivity contribution in [3.05, 3.63) is 18.1 Å². The highest BCUT2D eigenvalue weighted by molar-refractivity contribution is 4.80. The molecule has 0 aliphatic heterocycles. The lowest BCUT2D eigenvalue weighted by Crippen LogP contribution is -2.18. The molecule has 0 radical (unpaired) electrons. The summed E-state index contributed by atoms with van der Waals surface area (Å²) in [5.74, 6) is 0. The summed E-state index contributed by atoms with van der Waals surface area (Å²) in [5, 5.41) is 0. The molecule has 0 heterocycles. The molecular weight excluding hydrogens is 152 g/mol. The normalized spacial score (nSPS) is 10.3. The maximum absolute atomic E-state index is 5.42. The molecule has 0 aliphatic carbocycles. The van der Waals surface area contributed by atoms with Crippen LogP contribution in [0.25, 0.3) is 0 Å². The summed E-state index contributed by atoms with van der Waals surface area (Å²) in [6.07, 6.45) is 3.35. The second-order valence-electron chi connectivity index (χ2n) is 3.37. The quantitative estimate of drug-likeness (QED) is 0.476. The lowest BCUT2D eigenvalue weighted by atomic mass is 10.2. The van der Waals surface area contributed by atoms with E-state index >= 15 is 0 Å². The van der Waals surface area contributed by atoms with Gasteiger partial charge in [-0.2, -0.15) is 0 Å². The topological polar surface area (TPSA) is 18.5 Å². The molecule has 70 valence electrons. The van der Waals surface area contributed by atoms with Crippen LogP contribution >= 0.6 is 0 Å². The summed E-state index contributed by atoms with van der Waals surface area (Å²) in [5.41, 5.74) is 2.78. The molecule has 0 saturated carbocycles. The molecule has 2 nitrogen and oxygen atoms in total. The van der Waals surface area contributed by atoms with E-state index in [1.165, 1.54) is 0 Å². The third-order valence-electron chi connectivity index (χ3n) is 1.04. The van der Waals surface area contributed by atoms with Crippen LogP contribution in [0.15, 0.2) is 18.1 Å². The highest BCUT2D eigenvalue weighted by atomic mass is 16.5. The Bertz CT molecular complexity index is 159. The molecular formula is C10H18O2. The van der Waals surface area contributed by atoms with Crippen LogP contribution in [0.5, 0.6) is 0 Å². The maximum Gasteiger partial charge on any atom is 0.125 e. The molecule has 0 atom stereocenters. The molecule has 0 saturated heterocycles. The highest BCUT2D eigenvalue weighted by Gasteiger charge is 2.07. The van der Waals surface area contributed by atoms with Crippen LogP contribution in [0.3, 0.4) is 0 Å². The second-order valence-corrected chi connectivity index (χ2v) is 3.37. The molecule has 2 heteroatoms. The summed E-state index contributed by atoms with van der Waals surface area (Å²) in [6.45, 7) is 9.26. The SMILES string of the molecule is CCOC=C=CCOC(C)(C)C. The molecule has 0 aromatic heterocycles. The van der Waals surface area contributed by atoms with Crippen molar-refractivity contribution in [1.29, 1.82) is 0 Å². The van der Waals surface area contributed by atoms with Gasteiger partial charge in [0.2, 0.25) is 0 Å². The van der Waals surface area contributed by atoms with Crippen LogP contribution in [-0.4, -0.2) is 18.8 Å². The first kappa shape index (κ1) is 11.3. The molecule has 0 amide bonds. The van der Waals surface area contributed by atoms with Crippen LogP contribution in [0.2, 0.25) is 0 Å². The van der Waals surface area contributed by atoms with Gasteiger partial charge in [0.05, 0.1) is 18.8 Å². The standard InChI is InChI=1S/C10H18O2/c1-5-11-8-6-7-9-12-10(2,3)4/h7-8H,5,9H2,1-4H3. The van der Waals surface area contributed by atoms with Crippen LogP contribution in [-0.2, 0) is 9.47 Å². The van der Waals surface area contributed by atoms with Gasteiger partial charge in [0, 0.05) is 0 Å². The van der Waals surface area contributed by atoms with Gasteiger partial charge in [-0.3, -0.25) is 0 Å². The van der Waals surface area contributed by atoms with Gasteiger partial charge in [0.1, 0.15) is 6.26 Å². The molecule has 0 spiro atoms. The molecule has 0 rings (SSSR count). The third-order valence-corrected chi connectivity index (χ3v) is 1.04. The first-order valence-electron chi connectivity index (χ1n) is 4.21. The summed E-state index contributed by atoms with van der Waals surface area (Å²) in [6, 6.07) is 0. The van der Waals surface area contributed by atoms with E-state index in [1.54, 1.807) is 12.3 Å². The van der Waals surface area contributed by atoms with Crippen molar-refractivity contribution in [2.75, 3.05) is 13.2 Å². The highest BCUT2D eigenvalue weighted by Crippen LogP contribution is 2.05. The average molecular weight is 170 g/mol. The summed E-state index contributed by atoms with van der Waals surface area (Å²) < 4.78 is 10.4. The Kier molecular flexibility index (Phi) is 5.52. The largest absolute Gasteiger partial charge is 0.493 e. The third kappa shape index (κ3) is 9.28. The van der Waals surface area contributed by atoms with Crippen molar-refractivity contribution in [3.8, 4) is 0 Å². The zero-order chi connectivity index (χ0) is 9.45. The minimum atomic E-state index is -0.0796. The Morgan fingerprint density at radius 3 is 2.50 bits per heavy atom. The van der Waals surface area contributed by atoms with Gasteiger partial charge in [-0.05, 0) is 33.8 Å². The number of hydrogen-bond donors (Lipinski definition) is 0. The van der Waals surface area contributed by atoms with Crippen LogP contribution < -0.4 is 0 Å². The Morgan fingerprint density at radius 2 is 2.00 bits per heavy atom. The van der Waals surface area contributed by atoms with E-state index in [2.05, 4.69) is 5.73 Å². The zero-order valence-corrected chi connectivity index (χ0v) is 8.39. The van der Waals surface area contributed by atoms with Gasteiger partial charge in [0.15, 0.2) is 0 Å². The monoisotopic (exact) mass is 170 g/mol. The molecule has 0 aliphatic rings. The van der Waals surface area contributed by atoms with Crippen molar-refractivity contribution in [1.82, 2.24) is 0 Å². The minimum absolute atomic E-state index is 0.0796. The van der Waals surface area contributed by atoms with E-state index in [1.807, 2.05) is 27.7 Å². The second kappa shape index (κ2) is 5.87. The van der Waals surface area contributed by atoms with Gasteiger partial charge in [-0.15, -0.1) is 0 Å². The molecule has 0 unspecified atom stereocenters. The molecule has 0 N–H and O–H groups in total. The number of rotatable bonds is 4. The first-order valence-corrected chi connectivity index (χ1v) is 4.21. The molecule has 12 heavy (non-hydrogen) atoms. The summed E-state index contributed by atoms with van der Waals surface area (Å²) in [4.78, 5) is 0. The van der Waals surface area contributed by atoms with Crippen molar-refractivity contribution in [3.63, 3.8) is 0 Å². The lowest BCUT2D eigenvalue weighted by molar-refractivity contribution is 0.0150. The Labute approximate surface area is 74.9 Å². The van der Waals surface area contributed by atoms with Crippen LogP contribution in [0.1, 0.15) is 27.7 Å². The van der Waals surface area contributed by atoms with Crippen LogP contribution in [0.4, 0.5) is 0 Å². The van der Waals surface area contributed by atoms with Crippen molar-refractivity contribution >= 4 is 0 Å². The fraction of sp³-hybridized carbons (Fsp3) is 0.700. The molecule has 0 fully saturated rings. The minimum Gasteiger partial charge on any atom is -0.493 e. The fourth-order valence-electron chi connectivity index (χ4n) is 0.519. The smallest absolute Gasteiger partial charge is 0.125 e. The van der Waals surface area contributed by atoms with E-state index < -0.39 is 0 Å². The zero-order valence-electron chi connectivity index (χ0n) is 8.39. The van der Waals surface area contributed by atoms with Gasteiger partial charge in [-0.25, -0.2) is 0 Å². The Morgan fingerprint density at radius 1 is 1.33 bits per heavy atom. The van der Waals surface area contributed by atoms with E-state index in [9.17, 15) is 0 Å². The van der Waals surface area contributed by atoms with Gasteiger partial charge in [-0.1, -0.05) is 5.73 Å². The van der Waals surface area contributed by atoms with Gasteiger partial charge < -0.3 is 9.47 Å². The Hall–Kier alpha value is -0.720. The van der Waals surface area contributed by atoms with Gasteiger partial charge >= 0.3 is 0 Å². The maximum atomic E-state index is 5.42. The average Bonchev–Trinajstić information content (AvgIpc) is 1.94. The fourth-order valence-corrected chi connectivity index (χ4v) is 0.519. The van der Waals surface area contributed by atoms with E-state index in [0.29, 0.717) is 13.2 Å². The molecule has 0 aromatic rings. The first-order chi connectivity index (χ1) is 5.56. The Balaban J connectivity index is 3.49. The van der Waals surface area contributed by atoms with E-state index in [0.717, 1.165) is 0 Å². The van der Waals surface area contributed by atoms with E-state index in [-0.39, 0.29) is 5.60 Å². The van der Waals surface area contributed by atoms with Gasteiger partial charge in [0.25, 0.3) is 0 Å². The predicted octanol–water partition coefficient (Wildman–Crippen LogP) is 2.51. The summed E-state index contributed by atoms with van der Waals surface area (Å²) in [7, 11) is 0. The van der Waals surface area contributed by atoms with Crippen molar-refractivity contribution in [2.45, 2.75) is 33.3 Å². The van der Waals surface area contributed by atoms with Crippen LogP contribution in [0, 0.1) is 0 Å².